The Kier molecular flexibility index (Phi) is 4.89. The Bertz CT molecular complexity index is 538. The summed E-state index contributed by atoms with van der Waals surface area (Å²) in [6.07, 6.45) is 1.78. The molecule has 0 aromatic heterocycles. The van der Waals surface area contributed by atoms with Gasteiger partial charge in [-0.2, -0.15) is 0 Å². The molecule has 1 fully saturated rings. The lowest BCUT2D eigenvalue weighted by Crippen LogP contribution is -2.48. The van der Waals surface area contributed by atoms with Gasteiger partial charge in [-0.25, -0.2) is 0 Å². The van der Waals surface area contributed by atoms with Crippen molar-refractivity contribution in [2.24, 2.45) is 0 Å². The number of benzene rings is 1. The van der Waals surface area contributed by atoms with Gasteiger partial charge in [0, 0.05) is 18.7 Å². The van der Waals surface area contributed by atoms with Gasteiger partial charge in [-0.15, -0.1) is 0 Å². The van der Waals surface area contributed by atoms with Crippen LogP contribution in [0.25, 0.3) is 0 Å². The zero-order chi connectivity index (χ0) is 15.2. The third kappa shape index (κ3) is 4.57. The quantitative estimate of drug-likeness (QED) is 0.532. The number of amides is 3. The normalized spacial score (nSPS) is 13.4. The van der Waals surface area contributed by atoms with Gasteiger partial charge in [-0.05, 0) is 30.5 Å². The van der Waals surface area contributed by atoms with Gasteiger partial charge in [-0.3, -0.25) is 25.2 Å². The molecule has 1 aliphatic rings. The van der Waals surface area contributed by atoms with Crippen LogP contribution >= 0.6 is 0 Å². The fraction of sp³-hybridized carbons (Fsp3) is 0.357. The molecule has 7 nitrogen and oxygen atoms in total. The van der Waals surface area contributed by atoms with Crippen LogP contribution in [-0.4, -0.2) is 30.9 Å². The first-order chi connectivity index (χ1) is 10.1. The summed E-state index contributed by atoms with van der Waals surface area (Å²) in [5, 5.41) is 2.52. The van der Waals surface area contributed by atoms with Crippen molar-refractivity contribution in [1.29, 1.82) is 0 Å². The molecule has 1 aromatic rings. The molecule has 0 unspecified atom stereocenters. The fourth-order valence-electron chi connectivity index (χ4n) is 1.64. The summed E-state index contributed by atoms with van der Waals surface area (Å²) in [7, 11) is 1.59. The third-order valence-electron chi connectivity index (χ3n) is 2.94. The maximum atomic E-state index is 11.8. The van der Waals surface area contributed by atoms with E-state index in [0.29, 0.717) is 12.2 Å². The third-order valence-corrected chi connectivity index (χ3v) is 2.94. The second-order valence-electron chi connectivity index (χ2n) is 4.79. The highest BCUT2D eigenvalue weighted by molar-refractivity contribution is 6.35. The zero-order valence-electron chi connectivity index (χ0n) is 11.6. The Morgan fingerprint density at radius 2 is 1.76 bits per heavy atom. The average molecular weight is 291 g/mol. The first-order valence-corrected chi connectivity index (χ1v) is 6.59. The predicted molar refractivity (Wildman–Crippen MR) is 73.9 cm³/mol. The van der Waals surface area contributed by atoms with Crippen molar-refractivity contribution < 1.29 is 19.1 Å². The molecular formula is C14H17N3O4. The SMILES string of the molecule is COCc1ccc(C(=O)NNC(=O)C(=O)NC2CC2)cc1. The van der Waals surface area contributed by atoms with E-state index in [1.165, 1.54) is 0 Å². The first kappa shape index (κ1) is 15.0. The summed E-state index contributed by atoms with van der Waals surface area (Å²) >= 11 is 0. The number of hydrazine groups is 1. The van der Waals surface area contributed by atoms with Crippen molar-refractivity contribution in [3.05, 3.63) is 35.4 Å². The minimum atomic E-state index is -0.883. The number of ether oxygens (including phenoxy) is 1. The van der Waals surface area contributed by atoms with E-state index in [1.54, 1.807) is 31.4 Å². The lowest BCUT2D eigenvalue weighted by atomic mass is 10.1. The van der Waals surface area contributed by atoms with E-state index in [0.717, 1.165) is 18.4 Å². The zero-order valence-corrected chi connectivity index (χ0v) is 11.6. The molecule has 0 spiro atoms. The molecule has 1 aromatic carbocycles. The Labute approximate surface area is 122 Å². The summed E-state index contributed by atoms with van der Waals surface area (Å²) in [5.41, 5.74) is 5.58. The van der Waals surface area contributed by atoms with Crippen LogP contribution in [0.1, 0.15) is 28.8 Å². The standard InChI is InChI=1S/C14H17N3O4/c1-21-8-9-2-4-10(5-3-9)12(18)16-17-14(20)13(19)15-11-6-7-11/h2-5,11H,6-8H2,1H3,(H,15,19)(H,16,18)(H,17,20). The second kappa shape index (κ2) is 6.85. The van der Waals surface area contributed by atoms with Crippen LogP contribution in [0.15, 0.2) is 24.3 Å². The molecule has 3 amide bonds. The van der Waals surface area contributed by atoms with Crippen LogP contribution in [-0.2, 0) is 20.9 Å². The molecule has 1 saturated carbocycles. The van der Waals surface area contributed by atoms with Gasteiger partial charge in [0.2, 0.25) is 0 Å². The van der Waals surface area contributed by atoms with Crippen LogP contribution in [0.5, 0.6) is 0 Å². The maximum absolute atomic E-state index is 11.8. The fourth-order valence-corrected chi connectivity index (χ4v) is 1.64. The van der Waals surface area contributed by atoms with Crippen LogP contribution in [0, 0.1) is 0 Å². The van der Waals surface area contributed by atoms with Crippen molar-refractivity contribution in [2.45, 2.75) is 25.5 Å². The molecule has 112 valence electrons. The Morgan fingerprint density at radius 1 is 1.10 bits per heavy atom. The van der Waals surface area contributed by atoms with E-state index in [9.17, 15) is 14.4 Å². The van der Waals surface area contributed by atoms with Gasteiger partial charge in [0.1, 0.15) is 0 Å². The number of nitrogens with one attached hydrogen (secondary N) is 3. The number of methoxy groups -OCH3 is 1. The molecule has 21 heavy (non-hydrogen) atoms. The van der Waals surface area contributed by atoms with E-state index in [4.69, 9.17) is 4.74 Å². The van der Waals surface area contributed by atoms with Gasteiger partial charge in [0.25, 0.3) is 5.91 Å². The van der Waals surface area contributed by atoms with E-state index in [-0.39, 0.29) is 6.04 Å². The molecule has 2 rings (SSSR count). The Morgan fingerprint density at radius 3 is 2.33 bits per heavy atom. The van der Waals surface area contributed by atoms with Gasteiger partial charge in [0.05, 0.1) is 6.61 Å². The lowest BCUT2D eigenvalue weighted by molar-refractivity contribution is -0.139. The molecular weight excluding hydrogens is 274 g/mol. The van der Waals surface area contributed by atoms with Crippen molar-refractivity contribution in [2.75, 3.05) is 7.11 Å². The predicted octanol–water partition coefficient (Wildman–Crippen LogP) is -0.127. The molecule has 1 aliphatic carbocycles. The van der Waals surface area contributed by atoms with E-state index >= 15 is 0 Å². The lowest BCUT2D eigenvalue weighted by Gasteiger charge is -2.08. The van der Waals surface area contributed by atoms with Crippen molar-refractivity contribution in [3.8, 4) is 0 Å². The Hall–Kier alpha value is -2.41. The number of hydrogen-bond acceptors (Lipinski definition) is 4. The van der Waals surface area contributed by atoms with E-state index in [2.05, 4.69) is 16.2 Å². The molecule has 0 saturated heterocycles. The molecule has 0 bridgehead atoms. The maximum Gasteiger partial charge on any atom is 0.327 e. The largest absolute Gasteiger partial charge is 0.380 e. The van der Waals surface area contributed by atoms with Crippen LogP contribution in [0.3, 0.4) is 0 Å². The monoisotopic (exact) mass is 291 g/mol. The highest BCUT2D eigenvalue weighted by Crippen LogP contribution is 2.18. The number of carbonyl (C=O) groups is 3. The summed E-state index contributed by atoms with van der Waals surface area (Å²) < 4.78 is 4.97. The van der Waals surface area contributed by atoms with Crippen molar-refractivity contribution in [1.82, 2.24) is 16.2 Å². The highest BCUT2D eigenvalue weighted by atomic mass is 16.5. The van der Waals surface area contributed by atoms with E-state index < -0.39 is 17.7 Å². The van der Waals surface area contributed by atoms with Gasteiger partial charge < -0.3 is 10.1 Å². The van der Waals surface area contributed by atoms with Crippen molar-refractivity contribution in [3.63, 3.8) is 0 Å². The molecule has 0 heterocycles. The summed E-state index contributed by atoms with van der Waals surface area (Å²) in [5.74, 6) is -2.12. The van der Waals surface area contributed by atoms with Crippen molar-refractivity contribution >= 4 is 17.7 Å². The second-order valence-corrected chi connectivity index (χ2v) is 4.79. The summed E-state index contributed by atoms with van der Waals surface area (Å²) in [6, 6.07) is 6.81. The smallest absolute Gasteiger partial charge is 0.327 e. The molecule has 0 radical (unpaired) electrons. The minimum Gasteiger partial charge on any atom is -0.380 e. The van der Waals surface area contributed by atoms with Gasteiger partial charge >= 0.3 is 11.8 Å². The topological polar surface area (TPSA) is 96.5 Å². The summed E-state index contributed by atoms with van der Waals surface area (Å²) in [6.45, 7) is 0.458. The minimum absolute atomic E-state index is 0.0901. The van der Waals surface area contributed by atoms with Gasteiger partial charge in [-0.1, -0.05) is 12.1 Å². The molecule has 3 N–H and O–H groups in total. The number of rotatable bonds is 4. The van der Waals surface area contributed by atoms with Crippen LogP contribution in [0.4, 0.5) is 0 Å². The number of carbonyl (C=O) groups excluding carboxylic acids is 3. The van der Waals surface area contributed by atoms with E-state index in [1.807, 2.05) is 0 Å². The first-order valence-electron chi connectivity index (χ1n) is 6.59. The highest BCUT2D eigenvalue weighted by Gasteiger charge is 2.26. The average Bonchev–Trinajstić information content (AvgIpc) is 3.29. The van der Waals surface area contributed by atoms with Crippen LogP contribution in [0.2, 0.25) is 0 Å². The number of hydrogen-bond donors (Lipinski definition) is 3. The molecule has 0 aliphatic heterocycles. The van der Waals surface area contributed by atoms with Crippen LogP contribution < -0.4 is 16.2 Å². The molecule has 7 heteroatoms. The Balaban J connectivity index is 1.80. The molecule has 0 atom stereocenters. The summed E-state index contributed by atoms with van der Waals surface area (Å²) in [4.78, 5) is 34.6. The van der Waals surface area contributed by atoms with Gasteiger partial charge in [0.15, 0.2) is 0 Å².